The molecule has 26 heavy (non-hydrogen) atoms. The molecule has 4 rings (SSSR count). The number of pyridine rings is 1. The summed E-state index contributed by atoms with van der Waals surface area (Å²) >= 11 is 0. The van der Waals surface area contributed by atoms with E-state index < -0.39 is 0 Å². The molecule has 1 aliphatic carbocycles. The molecule has 6 heteroatoms. The minimum atomic E-state index is -0.215. The highest BCUT2D eigenvalue weighted by Gasteiger charge is 2.28. The van der Waals surface area contributed by atoms with Gasteiger partial charge in [0.1, 0.15) is 0 Å². The van der Waals surface area contributed by atoms with Gasteiger partial charge in [0.2, 0.25) is 0 Å². The van der Waals surface area contributed by atoms with Crippen LogP contribution in [0.3, 0.4) is 0 Å². The Hall–Kier alpha value is -2.99. The maximum Gasteiger partial charge on any atom is 0.161 e. The van der Waals surface area contributed by atoms with Gasteiger partial charge in [-0.15, -0.1) is 0 Å². The van der Waals surface area contributed by atoms with Crippen LogP contribution < -0.4 is 9.47 Å². The van der Waals surface area contributed by atoms with E-state index in [4.69, 9.17) is 9.47 Å². The van der Waals surface area contributed by atoms with Gasteiger partial charge < -0.3 is 24.8 Å². The van der Waals surface area contributed by atoms with Gasteiger partial charge >= 0.3 is 0 Å². The van der Waals surface area contributed by atoms with Crippen molar-refractivity contribution in [3.8, 4) is 34.1 Å². The second-order valence-electron chi connectivity index (χ2n) is 6.39. The van der Waals surface area contributed by atoms with Crippen LogP contribution in [0.2, 0.25) is 0 Å². The molecule has 6 nitrogen and oxygen atoms in total. The molecule has 0 bridgehead atoms. The molecule has 1 unspecified atom stereocenters. The number of aliphatic hydroxyl groups is 1. The van der Waals surface area contributed by atoms with Crippen LogP contribution in [0.25, 0.3) is 22.0 Å². The molecule has 0 saturated carbocycles. The Morgan fingerprint density at radius 2 is 1.69 bits per heavy atom. The Morgan fingerprint density at radius 3 is 2.38 bits per heavy atom. The summed E-state index contributed by atoms with van der Waals surface area (Å²) < 4.78 is 10.8. The van der Waals surface area contributed by atoms with E-state index in [1.54, 1.807) is 20.4 Å². The number of rotatable bonds is 3. The number of benzene rings is 2. The second kappa shape index (κ2) is 6.07. The maximum absolute atomic E-state index is 9.99. The molecule has 3 aromatic rings. The number of aromatic nitrogens is 1. The van der Waals surface area contributed by atoms with Crippen molar-refractivity contribution in [2.45, 2.75) is 12.3 Å². The number of methoxy groups -OCH3 is 2. The van der Waals surface area contributed by atoms with Crippen LogP contribution in [-0.2, 0) is 6.42 Å². The fourth-order valence-corrected chi connectivity index (χ4v) is 3.76. The lowest BCUT2D eigenvalue weighted by molar-refractivity contribution is 0.264. The standard InChI is InChI=1S/C20H19NO5/c1-25-18-4-10-3-11(9-22)20-13-5-16(23)17(24)7-15(13)21-8-14(20)12(10)6-19(18)26-2/h4-8,11,22-24H,3,9H2,1-2H3. The van der Waals surface area contributed by atoms with E-state index in [1.165, 1.54) is 12.1 Å². The second-order valence-corrected chi connectivity index (χ2v) is 6.39. The van der Waals surface area contributed by atoms with Crippen LogP contribution in [0.4, 0.5) is 0 Å². The van der Waals surface area contributed by atoms with E-state index in [2.05, 4.69) is 4.98 Å². The predicted molar refractivity (Wildman–Crippen MR) is 97.1 cm³/mol. The van der Waals surface area contributed by atoms with Crippen molar-refractivity contribution in [3.05, 3.63) is 41.6 Å². The molecule has 1 aromatic heterocycles. The van der Waals surface area contributed by atoms with Crippen molar-refractivity contribution < 1.29 is 24.8 Å². The van der Waals surface area contributed by atoms with Gasteiger partial charge in [0.05, 0.1) is 26.3 Å². The summed E-state index contributed by atoms with van der Waals surface area (Å²) in [6.45, 7) is -0.0401. The first-order chi connectivity index (χ1) is 12.6. The zero-order valence-electron chi connectivity index (χ0n) is 14.5. The van der Waals surface area contributed by atoms with Gasteiger partial charge in [0.15, 0.2) is 23.0 Å². The van der Waals surface area contributed by atoms with Crippen LogP contribution in [0.15, 0.2) is 30.5 Å². The molecule has 134 valence electrons. The van der Waals surface area contributed by atoms with Gasteiger partial charge in [-0.1, -0.05) is 0 Å². The van der Waals surface area contributed by atoms with Gasteiger partial charge in [-0.2, -0.15) is 0 Å². The number of hydrogen-bond acceptors (Lipinski definition) is 6. The Morgan fingerprint density at radius 1 is 1.00 bits per heavy atom. The highest BCUT2D eigenvalue weighted by atomic mass is 16.5. The number of phenols is 2. The first-order valence-corrected chi connectivity index (χ1v) is 8.28. The molecule has 0 saturated heterocycles. The molecule has 0 amide bonds. The van der Waals surface area contributed by atoms with Crippen molar-refractivity contribution in [1.82, 2.24) is 4.98 Å². The first kappa shape index (κ1) is 16.5. The maximum atomic E-state index is 9.99. The Bertz CT molecular complexity index is 1010. The van der Waals surface area contributed by atoms with Crippen LogP contribution in [0, 0.1) is 0 Å². The summed E-state index contributed by atoms with van der Waals surface area (Å²) in [5, 5.41) is 30.4. The zero-order valence-corrected chi connectivity index (χ0v) is 14.5. The molecule has 1 heterocycles. The van der Waals surface area contributed by atoms with E-state index in [0.717, 1.165) is 27.6 Å². The van der Waals surface area contributed by atoms with Gasteiger partial charge in [-0.25, -0.2) is 0 Å². The number of nitrogens with zero attached hydrogens (tertiary/aromatic N) is 1. The summed E-state index contributed by atoms with van der Waals surface area (Å²) in [7, 11) is 3.18. The fourth-order valence-electron chi connectivity index (χ4n) is 3.76. The van der Waals surface area contributed by atoms with Crippen LogP contribution in [0.1, 0.15) is 17.0 Å². The normalized spacial score (nSPS) is 15.4. The van der Waals surface area contributed by atoms with Gasteiger partial charge in [-0.3, -0.25) is 4.98 Å². The average Bonchev–Trinajstić information content (AvgIpc) is 2.66. The largest absolute Gasteiger partial charge is 0.504 e. The minimum absolute atomic E-state index is 0.0401. The van der Waals surface area contributed by atoms with E-state index in [9.17, 15) is 15.3 Å². The predicted octanol–water partition coefficient (Wildman–Crippen LogP) is 2.96. The number of ether oxygens (including phenoxy) is 2. The van der Waals surface area contributed by atoms with Gasteiger partial charge in [-0.05, 0) is 41.3 Å². The molecule has 2 aromatic carbocycles. The van der Waals surface area contributed by atoms with Crippen LogP contribution in [-0.4, -0.2) is 41.1 Å². The van der Waals surface area contributed by atoms with E-state index in [1.807, 2.05) is 12.1 Å². The number of aromatic hydroxyl groups is 2. The Balaban J connectivity index is 2.04. The Labute approximate surface area is 150 Å². The third-order valence-electron chi connectivity index (χ3n) is 5.00. The summed E-state index contributed by atoms with van der Waals surface area (Å²) in [4.78, 5) is 4.44. The number of aliphatic hydroxyl groups excluding tert-OH is 1. The molecule has 0 radical (unpaired) electrons. The van der Waals surface area contributed by atoms with Crippen molar-refractivity contribution in [2.24, 2.45) is 0 Å². The lowest BCUT2D eigenvalue weighted by Crippen LogP contribution is -2.16. The molecule has 3 N–H and O–H groups in total. The summed E-state index contributed by atoms with van der Waals surface area (Å²) in [6.07, 6.45) is 2.36. The minimum Gasteiger partial charge on any atom is -0.504 e. The quantitative estimate of drug-likeness (QED) is 0.627. The van der Waals surface area contributed by atoms with Gasteiger partial charge in [0, 0.05) is 29.1 Å². The Kier molecular flexibility index (Phi) is 3.85. The number of fused-ring (bicyclic) bond motifs is 5. The zero-order chi connectivity index (χ0) is 18.4. The molecule has 0 aliphatic heterocycles. The lowest BCUT2D eigenvalue weighted by Gasteiger charge is -2.28. The number of hydrogen-bond donors (Lipinski definition) is 3. The van der Waals surface area contributed by atoms with Crippen molar-refractivity contribution >= 4 is 10.9 Å². The summed E-state index contributed by atoms with van der Waals surface area (Å²) in [6, 6.07) is 6.78. The van der Waals surface area contributed by atoms with Crippen LogP contribution >= 0.6 is 0 Å². The SMILES string of the molecule is COc1cc2c(cc1OC)-c1cnc3cc(O)c(O)cc3c1C(CO)C2. The topological polar surface area (TPSA) is 92.0 Å². The van der Waals surface area contributed by atoms with Crippen LogP contribution in [0.5, 0.6) is 23.0 Å². The molecular weight excluding hydrogens is 334 g/mol. The van der Waals surface area contributed by atoms with Crippen molar-refractivity contribution in [1.29, 1.82) is 0 Å². The third kappa shape index (κ3) is 2.34. The average molecular weight is 353 g/mol. The molecule has 0 spiro atoms. The summed E-state index contributed by atoms with van der Waals surface area (Å²) in [5.74, 6) is 0.691. The van der Waals surface area contributed by atoms with Crippen molar-refractivity contribution in [3.63, 3.8) is 0 Å². The molecule has 0 fully saturated rings. The van der Waals surface area contributed by atoms with Crippen molar-refractivity contribution in [2.75, 3.05) is 20.8 Å². The monoisotopic (exact) mass is 353 g/mol. The first-order valence-electron chi connectivity index (χ1n) is 8.28. The van der Waals surface area contributed by atoms with Gasteiger partial charge in [0.25, 0.3) is 0 Å². The third-order valence-corrected chi connectivity index (χ3v) is 5.00. The van der Waals surface area contributed by atoms with E-state index in [-0.39, 0.29) is 24.0 Å². The molecule has 1 aliphatic rings. The molecule has 1 atom stereocenters. The molecular formula is C20H19NO5. The van der Waals surface area contributed by atoms with E-state index in [0.29, 0.717) is 23.4 Å². The summed E-state index contributed by atoms with van der Waals surface area (Å²) in [5.41, 5.74) is 4.36. The highest BCUT2D eigenvalue weighted by Crippen LogP contribution is 2.47. The smallest absolute Gasteiger partial charge is 0.161 e. The fraction of sp³-hybridized carbons (Fsp3) is 0.250. The number of phenolic OH excluding ortho intramolecular Hbond substituents is 2. The highest BCUT2D eigenvalue weighted by molar-refractivity contribution is 5.93. The lowest BCUT2D eigenvalue weighted by atomic mass is 9.78. The van der Waals surface area contributed by atoms with E-state index >= 15 is 0 Å².